The Labute approximate surface area is 187 Å². The molecule has 1 aliphatic rings. The summed E-state index contributed by atoms with van der Waals surface area (Å²) < 4.78 is 7.00. The van der Waals surface area contributed by atoms with Crippen molar-refractivity contribution in [3.05, 3.63) is 66.6 Å². The number of hydrogen-bond acceptors (Lipinski definition) is 6. The molecule has 1 aliphatic heterocycles. The van der Waals surface area contributed by atoms with Crippen LogP contribution in [0.15, 0.2) is 61.1 Å². The second-order valence-corrected chi connectivity index (χ2v) is 8.02. The monoisotopic (exact) mass is 435 g/mol. The predicted octanol–water partition coefficient (Wildman–Crippen LogP) is 3.08. The van der Waals surface area contributed by atoms with Gasteiger partial charge in [0.05, 0.1) is 18.5 Å². The van der Waals surface area contributed by atoms with Crippen molar-refractivity contribution in [3.63, 3.8) is 0 Å². The molecule has 0 aliphatic carbocycles. The summed E-state index contributed by atoms with van der Waals surface area (Å²) in [5.41, 5.74) is 8.70. The molecular formula is C24H29N5O3. The van der Waals surface area contributed by atoms with E-state index in [-0.39, 0.29) is 12.1 Å². The van der Waals surface area contributed by atoms with Gasteiger partial charge in [0.2, 0.25) is 0 Å². The second kappa shape index (κ2) is 9.42. The highest BCUT2D eigenvalue weighted by Gasteiger charge is 2.27. The Morgan fingerprint density at radius 3 is 2.69 bits per heavy atom. The van der Waals surface area contributed by atoms with Gasteiger partial charge >= 0.3 is 6.03 Å². The summed E-state index contributed by atoms with van der Waals surface area (Å²) in [5.74, 6) is 0.868. The van der Waals surface area contributed by atoms with Crippen LogP contribution in [0.4, 0.5) is 10.5 Å². The van der Waals surface area contributed by atoms with E-state index >= 15 is 0 Å². The van der Waals surface area contributed by atoms with Crippen LogP contribution < -0.4 is 15.4 Å². The van der Waals surface area contributed by atoms with Gasteiger partial charge < -0.3 is 25.4 Å². The molecule has 1 aromatic heterocycles. The Hall–Kier alpha value is -3.36. The third-order valence-corrected chi connectivity index (χ3v) is 6.07. The molecule has 1 atom stereocenters. The zero-order valence-electron chi connectivity index (χ0n) is 18.4. The van der Waals surface area contributed by atoms with Crippen LogP contribution in [0.3, 0.4) is 0 Å². The van der Waals surface area contributed by atoms with Crippen LogP contribution >= 0.6 is 0 Å². The number of imidazole rings is 1. The van der Waals surface area contributed by atoms with Gasteiger partial charge in [-0.25, -0.2) is 9.78 Å². The number of nitrogens with zero attached hydrogens (tertiary/aromatic N) is 4. The average Bonchev–Trinajstić information content (AvgIpc) is 3.33. The number of nitrogens with two attached hydrogens (primary N) is 1. The quantitative estimate of drug-likeness (QED) is 0.598. The van der Waals surface area contributed by atoms with E-state index in [9.17, 15) is 9.90 Å². The summed E-state index contributed by atoms with van der Waals surface area (Å²) in [6.07, 6.45) is 3.94. The highest BCUT2D eigenvalue weighted by molar-refractivity contribution is 5.78. The number of hydrogen-bond donors (Lipinski definition) is 2. The minimum absolute atomic E-state index is 0.116. The van der Waals surface area contributed by atoms with Crippen LogP contribution in [0.5, 0.6) is 5.75 Å². The van der Waals surface area contributed by atoms with Gasteiger partial charge in [0.15, 0.2) is 0 Å². The number of aliphatic hydroxyl groups excluding tert-OH is 1. The Morgan fingerprint density at radius 2 is 1.97 bits per heavy atom. The van der Waals surface area contributed by atoms with Crippen LogP contribution in [0, 0.1) is 0 Å². The first-order valence-corrected chi connectivity index (χ1v) is 10.7. The number of piperidine rings is 1. The van der Waals surface area contributed by atoms with Crippen LogP contribution in [0.25, 0.3) is 11.3 Å². The van der Waals surface area contributed by atoms with Crippen molar-refractivity contribution in [2.45, 2.75) is 25.1 Å². The highest BCUT2D eigenvalue weighted by Crippen LogP contribution is 2.31. The Kier molecular flexibility index (Phi) is 6.43. The van der Waals surface area contributed by atoms with Crippen LogP contribution in [-0.2, 0) is 0 Å². The molecule has 4 rings (SSSR count). The van der Waals surface area contributed by atoms with Crippen LogP contribution in [0.2, 0.25) is 0 Å². The van der Waals surface area contributed by atoms with Crippen molar-refractivity contribution >= 4 is 11.7 Å². The molecule has 0 bridgehead atoms. The molecule has 0 radical (unpaired) electrons. The van der Waals surface area contributed by atoms with Gasteiger partial charge in [-0.3, -0.25) is 4.57 Å². The molecule has 8 heteroatoms. The Morgan fingerprint density at radius 1 is 1.22 bits per heavy atom. The third-order valence-electron chi connectivity index (χ3n) is 6.07. The van der Waals surface area contributed by atoms with Gasteiger partial charge in [-0.2, -0.15) is 0 Å². The molecular weight excluding hydrogens is 406 g/mol. The van der Waals surface area contributed by atoms with Gasteiger partial charge in [-0.05, 0) is 36.6 Å². The van der Waals surface area contributed by atoms with Gasteiger partial charge in [0, 0.05) is 37.9 Å². The number of ether oxygens (including phenoxy) is 1. The fraction of sp³-hybridized carbons (Fsp3) is 0.333. The lowest BCUT2D eigenvalue weighted by atomic mass is 10.0. The van der Waals surface area contributed by atoms with Crippen molar-refractivity contribution in [3.8, 4) is 17.0 Å². The normalized spacial score (nSPS) is 15.4. The predicted molar refractivity (Wildman–Crippen MR) is 124 cm³/mol. The van der Waals surface area contributed by atoms with E-state index in [4.69, 9.17) is 10.5 Å². The number of carbonyl (C=O) groups is 1. The number of anilines is 1. The summed E-state index contributed by atoms with van der Waals surface area (Å²) in [6.45, 7) is 1.71. The minimum Gasteiger partial charge on any atom is -0.495 e. The number of rotatable bonds is 5. The van der Waals surface area contributed by atoms with Gasteiger partial charge in [0.1, 0.15) is 18.3 Å². The van der Waals surface area contributed by atoms with E-state index in [1.54, 1.807) is 30.3 Å². The molecule has 2 heterocycles. The number of carbonyl (C=O) groups excluding carboxylic acids is 1. The molecule has 0 spiro atoms. The summed E-state index contributed by atoms with van der Waals surface area (Å²) in [6, 6.07) is 15.3. The lowest BCUT2D eigenvalue weighted by Gasteiger charge is -2.38. The fourth-order valence-corrected chi connectivity index (χ4v) is 4.18. The standard InChI is InChI=1S/C24H29N5O3/c1-27(19-10-12-28(13-11-19)21-8-3-4-9-22(21)32-2)24(31)29-15-20(26-16-29)17-6-5-7-18(14-17)23(25)30/h3-9,14-16,19,23,30H,10-13,25H2,1-2H3. The highest BCUT2D eigenvalue weighted by atomic mass is 16.5. The summed E-state index contributed by atoms with van der Waals surface area (Å²) in [5, 5.41) is 9.61. The maximum absolute atomic E-state index is 13.1. The molecule has 32 heavy (non-hydrogen) atoms. The van der Waals surface area contributed by atoms with E-state index < -0.39 is 6.23 Å². The molecule has 168 valence electrons. The zero-order chi connectivity index (χ0) is 22.7. The summed E-state index contributed by atoms with van der Waals surface area (Å²) in [4.78, 5) is 21.6. The molecule has 1 unspecified atom stereocenters. The lowest BCUT2D eigenvalue weighted by Crippen LogP contribution is -2.46. The topological polar surface area (TPSA) is 96.9 Å². The fourth-order valence-electron chi connectivity index (χ4n) is 4.18. The maximum Gasteiger partial charge on any atom is 0.329 e. The molecule has 1 amide bonds. The Balaban J connectivity index is 1.41. The molecule has 1 saturated heterocycles. The van der Waals surface area contributed by atoms with Crippen LogP contribution in [-0.4, -0.2) is 58.9 Å². The van der Waals surface area contributed by atoms with Crippen molar-refractivity contribution in [2.75, 3.05) is 32.1 Å². The first-order valence-electron chi connectivity index (χ1n) is 10.7. The molecule has 2 aromatic carbocycles. The minimum atomic E-state index is -1.05. The number of aromatic nitrogens is 2. The smallest absolute Gasteiger partial charge is 0.329 e. The number of aliphatic hydroxyl groups is 1. The van der Waals surface area contributed by atoms with Crippen molar-refractivity contribution < 1.29 is 14.6 Å². The van der Waals surface area contributed by atoms with Gasteiger partial charge in [0.25, 0.3) is 0 Å². The van der Waals surface area contributed by atoms with E-state index in [1.165, 1.54) is 10.9 Å². The molecule has 1 fully saturated rings. The van der Waals surface area contributed by atoms with E-state index in [0.29, 0.717) is 11.3 Å². The SMILES string of the molecule is COc1ccccc1N1CCC(N(C)C(=O)n2cnc(-c3cccc(C(N)O)c3)c2)CC1. The number of amides is 1. The van der Waals surface area contributed by atoms with Gasteiger partial charge in [-0.1, -0.05) is 30.3 Å². The van der Waals surface area contributed by atoms with Crippen LogP contribution in [0.1, 0.15) is 24.6 Å². The van der Waals surface area contributed by atoms with E-state index in [2.05, 4.69) is 16.0 Å². The van der Waals surface area contributed by atoms with E-state index in [0.717, 1.165) is 42.9 Å². The van der Waals surface area contributed by atoms with E-state index in [1.807, 2.05) is 37.4 Å². The number of benzene rings is 2. The summed E-state index contributed by atoms with van der Waals surface area (Å²) in [7, 11) is 3.53. The average molecular weight is 436 g/mol. The third kappa shape index (κ3) is 4.46. The largest absolute Gasteiger partial charge is 0.495 e. The van der Waals surface area contributed by atoms with Gasteiger partial charge in [-0.15, -0.1) is 0 Å². The lowest BCUT2D eigenvalue weighted by molar-refractivity contribution is 0.181. The number of para-hydroxylation sites is 2. The summed E-state index contributed by atoms with van der Waals surface area (Å²) >= 11 is 0. The van der Waals surface area contributed by atoms with Crippen molar-refractivity contribution in [2.24, 2.45) is 5.73 Å². The Bertz CT molecular complexity index is 1070. The zero-order valence-corrected chi connectivity index (χ0v) is 18.4. The maximum atomic E-state index is 13.1. The second-order valence-electron chi connectivity index (χ2n) is 8.02. The van der Waals surface area contributed by atoms with Crippen molar-refractivity contribution in [1.82, 2.24) is 14.5 Å². The first-order chi connectivity index (χ1) is 15.5. The molecule has 3 aromatic rings. The molecule has 0 saturated carbocycles. The van der Waals surface area contributed by atoms with Crippen molar-refractivity contribution in [1.29, 1.82) is 0 Å². The molecule has 8 nitrogen and oxygen atoms in total. The molecule has 3 N–H and O–H groups in total. The first kappa shape index (κ1) is 21.9. The number of methoxy groups -OCH3 is 1.